The van der Waals surface area contributed by atoms with Crippen LogP contribution >= 0.6 is 11.3 Å². The minimum Gasteiger partial charge on any atom is -0.472 e. The molecule has 0 amide bonds. The Morgan fingerprint density at radius 2 is 2.42 bits per heavy atom. The number of furan rings is 1. The molecule has 0 fully saturated rings. The molecule has 104 valence electrons. The minimum absolute atomic E-state index is 0.728. The van der Waals surface area contributed by atoms with Gasteiger partial charge in [0.1, 0.15) is 0 Å². The summed E-state index contributed by atoms with van der Waals surface area (Å²) in [5.41, 5.74) is 1.15. The number of nitrogens with one attached hydrogen (secondary N) is 1. The summed E-state index contributed by atoms with van der Waals surface area (Å²) in [6.07, 6.45) is 5.37. The summed E-state index contributed by atoms with van der Waals surface area (Å²) in [7, 11) is 3.74. The van der Waals surface area contributed by atoms with Gasteiger partial charge in [0.2, 0.25) is 0 Å². The first-order chi connectivity index (χ1) is 9.29. The lowest BCUT2D eigenvalue weighted by molar-refractivity contribution is 0.199. The van der Waals surface area contributed by atoms with Crippen molar-refractivity contribution < 1.29 is 9.15 Å². The van der Waals surface area contributed by atoms with E-state index in [2.05, 4.69) is 15.2 Å². The molecular weight excluding hydrogens is 262 g/mol. The highest BCUT2D eigenvalue weighted by molar-refractivity contribution is 7.15. The second kappa shape index (κ2) is 7.28. The number of ether oxygens (including phenoxy) is 1. The Labute approximate surface area is 117 Å². The number of nitrogens with zero attached hydrogens (tertiary/aromatic N) is 2. The van der Waals surface area contributed by atoms with Gasteiger partial charge in [0.15, 0.2) is 5.13 Å². The van der Waals surface area contributed by atoms with E-state index in [1.807, 2.05) is 19.3 Å². The number of hydrogen-bond donors (Lipinski definition) is 1. The van der Waals surface area contributed by atoms with E-state index in [0.717, 1.165) is 36.9 Å². The first-order valence-electron chi connectivity index (χ1n) is 6.16. The van der Waals surface area contributed by atoms with E-state index < -0.39 is 0 Å². The second-order valence-corrected chi connectivity index (χ2v) is 5.36. The number of methoxy groups -OCH3 is 1. The maximum Gasteiger partial charge on any atom is 0.185 e. The fourth-order valence-corrected chi connectivity index (χ4v) is 2.51. The highest BCUT2D eigenvalue weighted by atomic mass is 32.1. The first-order valence-corrected chi connectivity index (χ1v) is 6.98. The normalized spacial score (nSPS) is 10.8. The maximum atomic E-state index is 5.07. The molecule has 0 aliphatic rings. The zero-order valence-electron chi connectivity index (χ0n) is 11.3. The van der Waals surface area contributed by atoms with Crippen LogP contribution in [0.2, 0.25) is 0 Å². The van der Waals surface area contributed by atoms with Crippen molar-refractivity contribution in [3.63, 3.8) is 0 Å². The quantitative estimate of drug-likeness (QED) is 0.751. The monoisotopic (exact) mass is 281 g/mol. The molecular formula is C13H19N3O2S. The van der Waals surface area contributed by atoms with Crippen molar-refractivity contribution in [1.82, 2.24) is 10.3 Å². The molecule has 0 radical (unpaired) electrons. The number of aromatic nitrogens is 1. The van der Waals surface area contributed by atoms with Gasteiger partial charge in [0.05, 0.1) is 19.1 Å². The van der Waals surface area contributed by atoms with Crippen molar-refractivity contribution >= 4 is 16.5 Å². The van der Waals surface area contributed by atoms with E-state index in [1.54, 1.807) is 31.0 Å². The summed E-state index contributed by atoms with van der Waals surface area (Å²) in [6.45, 7) is 3.22. The zero-order valence-corrected chi connectivity index (χ0v) is 12.1. The van der Waals surface area contributed by atoms with Gasteiger partial charge in [-0.2, -0.15) is 0 Å². The average Bonchev–Trinajstić information content (AvgIpc) is 3.05. The Morgan fingerprint density at radius 1 is 1.53 bits per heavy atom. The predicted octanol–water partition coefficient (Wildman–Crippen LogP) is 2.11. The Morgan fingerprint density at radius 3 is 3.16 bits per heavy atom. The molecule has 2 aromatic rings. The molecule has 0 unspecified atom stereocenters. The second-order valence-electron chi connectivity index (χ2n) is 4.27. The van der Waals surface area contributed by atoms with Crippen molar-refractivity contribution in [3.05, 3.63) is 35.2 Å². The molecule has 19 heavy (non-hydrogen) atoms. The van der Waals surface area contributed by atoms with Crippen LogP contribution in [0, 0.1) is 0 Å². The van der Waals surface area contributed by atoms with Crippen molar-refractivity contribution in [3.8, 4) is 0 Å². The summed E-state index contributed by atoms with van der Waals surface area (Å²) in [4.78, 5) is 7.78. The van der Waals surface area contributed by atoms with E-state index in [0.29, 0.717) is 0 Å². The van der Waals surface area contributed by atoms with Gasteiger partial charge in [-0.05, 0) is 6.07 Å². The molecule has 0 atom stereocenters. The number of anilines is 1. The Balaban J connectivity index is 1.82. The molecule has 5 nitrogen and oxygen atoms in total. The van der Waals surface area contributed by atoms with Crippen LogP contribution in [-0.2, 0) is 17.8 Å². The maximum absolute atomic E-state index is 5.07. The summed E-state index contributed by atoms with van der Waals surface area (Å²) in [5.74, 6) is 0. The molecule has 6 heteroatoms. The van der Waals surface area contributed by atoms with Crippen LogP contribution in [0.15, 0.2) is 29.2 Å². The standard InChI is InChI=1S/C13H19N3O2S/c1-16(9-11-3-5-18-10-11)13-15-8-12(19-13)7-14-4-6-17-2/h3,5,8,10,14H,4,6-7,9H2,1-2H3. The third-order valence-corrected chi connectivity index (χ3v) is 3.76. The first kappa shape index (κ1) is 14.0. The van der Waals surface area contributed by atoms with Crippen molar-refractivity contribution in [1.29, 1.82) is 0 Å². The van der Waals surface area contributed by atoms with Crippen LogP contribution < -0.4 is 10.2 Å². The van der Waals surface area contributed by atoms with Crippen molar-refractivity contribution in [2.75, 3.05) is 32.2 Å². The molecule has 0 spiro atoms. The van der Waals surface area contributed by atoms with E-state index in [1.165, 1.54) is 4.88 Å². The zero-order chi connectivity index (χ0) is 13.5. The predicted molar refractivity (Wildman–Crippen MR) is 76.5 cm³/mol. The van der Waals surface area contributed by atoms with Gasteiger partial charge < -0.3 is 19.4 Å². The lowest BCUT2D eigenvalue weighted by Gasteiger charge is -2.13. The van der Waals surface area contributed by atoms with Crippen LogP contribution in [0.3, 0.4) is 0 Å². The van der Waals surface area contributed by atoms with Gasteiger partial charge in [-0.25, -0.2) is 4.98 Å². The highest BCUT2D eigenvalue weighted by Crippen LogP contribution is 2.22. The number of thiazole rings is 1. The highest BCUT2D eigenvalue weighted by Gasteiger charge is 2.08. The molecule has 0 aliphatic carbocycles. The van der Waals surface area contributed by atoms with E-state index in [4.69, 9.17) is 9.15 Å². The summed E-state index contributed by atoms with van der Waals surface area (Å²) < 4.78 is 10.1. The lowest BCUT2D eigenvalue weighted by Crippen LogP contribution is -2.17. The van der Waals surface area contributed by atoms with Gasteiger partial charge in [0.25, 0.3) is 0 Å². The molecule has 1 N–H and O–H groups in total. The fraction of sp³-hybridized carbons (Fsp3) is 0.462. The third-order valence-electron chi connectivity index (χ3n) is 2.65. The molecule has 0 bridgehead atoms. The van der Waals surface area contributed by atoms with Gasteiger partial charge in [-0.1, -0.05) is 0 Å². The molecule has 2 rings (SSSR count). The van der Waals surface area contributed by atoms with Crippen LogP contribution in [0.4, 0.5) is 5.13 Å². The van der Waals surface area contributed by atoms with Crippen LogP contribution in [0.5, 0.6) is 0 Å². The average molecular weight is 281 g/mol. The molecule has 2 heterocycles. The van der Waals surface area contributed by atoms with Gasteiger partial charge in [0, 0.05) is 50.4 Å². The van der Waals surface area contributed by atoms with E-state index in [-0.39, 0.29) is 0 Å². The Kier molecular flexibility index (Phi) is 5.38. The molecule has 0 saturated heterocycles. The summed E-state index contributed by atoms with van der Waals surface area (Å²) in [6, 6.07) is 1.97. The van der Waals surface area contributed by atoms with E-state index in [9.17, 15) is 0 Å². The molecule has 0 aliphatic heterocycles. The Hall–Kier alpha value is -1.37. The smallest absolute Gasteiger partial charge is 0.185 e. The topological polar surface area (TPSA) is 50.5 Å². The third kappa shape index (κ3) is 4.34. The lowest BCUT2D eigenvalue weighted by atomic mass is 10.3. The van der Waals surface area contributed by atoms with Crippen molar-refractivity contribution in [2.24, 2.45) is 0 Å². The van der Waals surface area contributed by atoms with Crippen LogP contribution in [-0.4, -0.2) is 32.3 Å². The minimum atomic E-state index is 0.728. The fourth-order valence-electron chi connectivity index (χ4n) is 1.67. The molecule has 0 aromatic carbocycles. The van der Waals surface area contributed by atoms with Gasteiger partial charge >= 0.3 is 0 Å². The molecule has 2 aromatic heterocycles. The summed E-state index contributed by atoms with van der Waals surface area (Å²) >= 11 is 1.70. The number of rotatable bonds is 8. The van der Waals surface area contributed by atoms with Crippen LogP contribution in [0.25, 0.3) is 0 Å². The summed E-state index contributed by atoms with van der Waals surface area (Å²) in [5, 5.41) is 4.33. The van der Waals surface area contributed by atoms with E-state index >= 15 is 0 Å². The largest absolute Gasteiger partial charge is 0.472 e. The van der Waals surface area contributed by atoms with Gasteiger partial charge in [-0.3, -0.25) is 0 Å². The number of hydrogen-bond acceptors (Lipinski definition) is 6. The molecule has 0 saturated carbocycles. The SMILES string of the molecule is COCCNCc1cnc(N(C)Cc2ccoc2)s1. The van der Waals surface area contributed by atoms with Crippen LogP contribution in [0.1, 0.15) is 10.4 Å². The van der Waals surface area contributed by atoms with Gasteiger partial charge in [-0.15, -0.1) is 11.3 Å². The van der Waals surface area contributed by atoms with Crippen molar-refractivity contribution in [2.45, 2.75) is 13.1 Å². The Bertz CT molecular complexity index is 470.